The highest BCUT2D eigenvalue weighted by Gasteiger charge is 2.16. The normalized spacial score (nSPS) is 17.6. The Morgan fingerprint density at radius 3 is 2.78 bits per heavy atom. The molecule has 2 N–H and O–H groups in total. The van der Waals surface area contributed by atoms with Gasteiger partial charge in [0, 0.05) is 45.1 Å². The van der Waals surface area contributed by atoms with E-state index in [1.165, 1.54) is 31.5 Å². The number of imidazole rings is 1. The van der Waals surface area contributed by atoms with Crippen LogP contribution in [0.4, 0.5) is 4.79 Å². The SMILES string of the molecule is C[C@@H]1CCCN(Cc2ccc(CNC(=O)NCCCn3ccnc3)cc2)C1. The van der Waals surface area contributed by atoms with Gasteiger partial charge in [0.15, 0.2) is 0 Å². The molecule has 1 aromatic carbocycles. The maximum atomic E-state index is 11.9. The predicted octanol–water partition coefficient (Wildman–Crippen LogP) is 3.00. The zero-order chi connectivity index (χ0) is 18.9. The van der Waals surface area contributed by atoms with Crippen molar-refractivity contribution in [1.29, 1.82) is 0 Å². The first-order valence-electron chi connectivity index (χ1n) is 9.96. The zero-order valence-electron chi connectivity index (χ0n) is 16.2. The Labute approximate surface area is 162 Å². The van der Waals surface area contributed by atoms with E-state index in [1.54, 1.807) is 12.5 Å². The molecule has 27 heavy (non-hydrogen) atoms. The van der Waals surface area contributed by atoms with Gasteiger partial charge < -0.3 is 15.2 Å². The minimum Gasteiger partial charge on any atom is -0.338 e. The van der Waals surface area contributed by atoms with E-state index in [0.717, 1.165) is 31.0 Å². The van der Waals surface area contributed by atoms with Gasteiger partial charge in [0.1, 0.15) is 0 Å². The number of amides is 2. The average Bonchev–Trinajstić information content (AvgIpc) is 3.18. The van der Waals surface area contributed by atoms with Crippen molar-refractivity contribution in [2.75, 3.05) is 19.6 Å². The van der Waals surface area contributed by atoms with E-state index in [-0.39, 0.29) is 6.03 Å². The molecule has 3 rings (SSSR count). The summed E-state index contributed by atoms with van der Waals surface area (Å²) >= 11 is 0. The molecule has 6 heteroatoms. The number of benzene rings is 1. The first kappa shape index (κ1) is 19.4. The highest BCUT2D eigenvalue weighted by molar-refractivity contribution is 5.73. The number of carbonyl (C=O) groups excluding carboxylic acids is 1. The van der Waals surface area contributed by atoms with Crippen molar-refractivity contribution in [2.45, 2.75) is 45.8 Å². The number of hydrogen-bond acceptors (Lipinski definition) is 3. The molecule has 2 heterocycles. The lowest BCUT2D eigenvalue weighted by molar-refractivity contribution is 0.176. The Bertz CT molecular complexity index is 683. The van der Waals surface area contributed by atoms with Crippen molar-refractivity contribution >= 4 is 6.03 Å². The van der Waals surface area contributed by atoms with Gasteiger partial charge in [-0.15, -0.1) is 0 Å². The van der Waals surface area contributed by atoms with Gasteiger partial charge >= 0.3 is 6.03 Å². The van der Waals surface area contributed by atoms with Crippen LogP contribution in [-0.2, 0) is 19.6 Å². The van der Waals surface area contributed by atoms with E-state index in [4.69, 9.17) is 0 Å². The second-order valence-electron chi connectivity index (χ2n) is 7.56. The Balaban J connectivity index is 1.32. The van der Waals surface area contributed by atoms with Crippen molar-refractivity contribution in [3.63, 3.8) is 0 Å². The van der Waals surface area contributed by atoms with Gasteiger partial charge in [0.2, 0.25) is 0 Å². The Morgan fingerprint density at radius 2 is 2.04 bits per heavy atom. The van der Waals surface area contributed by atoms with Crippen LogP contribution < -0.4 is 10.6 Å². The molecular formula is C21H31N5O. The van der Waals surface area contributed by atoms with Crippen molar-refractivity contribution in [2.24, 2.45) is 5.92 Å². The summed E-state index contributed by atoms with van der Waals surface area (Å²) in [5, 5.41) is 5.81. The van der Waals surface area contributed by atoms with Gasteiger partial charge in [0.05, 0.1) is 6.33 Å². The molecule has 1 fully saturated rings. The number of rotatable bonds is 8. The van der Waals surface area contributed by atoms with Gasteiger partial charge in [-0.05, 0) is 42.9 Å². The smallest absolute Gasteiger partial charge is 0.315 e. The number of likely N-dealkylation sites (tertiary alicyclic amines) is 1. The summed E-state index contributed by atoms with van der Waals surface area (Å²) < 4.78 is 2.01. The predicted molar refractivity (Wildman–Crippen MR) is 107 cm³/mol. The van der Waals surface area contributed by atoms with Crippen molar-refractivity contribution < 1.29 is 4.79 Å². The van der Waals surface area contributed by atoms with Crippen LogP contribution in [0, 0.1) is 5.92 Å². The second kappa shape index (κ2) is 10.1. The van der Waals surface area contributed by atoms with E-state index in [1.807, 2.05) is 10.8 Å². The summed E-state index contributed by atoms with van der Waals surface area (Å²) in [7, 11) is 0. The number of aryl methyl sites for hydroxylation is 1. The highest BCUT2D eigenvalue weighted by atomic mass is 16.2. The second-order valence-corrected chi connectivity index (χ2v) is 7.56. The summed E-state index contributed by atoms with van der Waals surface area (Å²) in [6.45, 7) is 7.82. The summed E-state index contributed by atoms with van der Waals surface area (Å²) in [6, 6.07) is 8.47. The maximum Gasteiger partial charge on any atom is 0.315 e. The fourth-order valence-corrected chi connectivity index (χ4v) is 3.58. The number of piperidine rings is 1. The lowest BCUT2D eigenvalue weighted by atomic mass is 9.99. The van der Waals surface area contributed by atoms with Crippen LogP contribution in [0.2, 0.25) is 0 Å². The molecule has 1 atom stereocenters. The molecule has 6 nitrogen and oxygen atoms in total. The summed E-state index contributed by atoms with van der Waals surface area (Å²) in [6.07, 6.45) is 9.02. The lowest BCUT2D eigenvalue weighted by Gasteiger charge is -2.30. The first-order valence-corrected chi connectivity index (χ1v) is 9.96. The molecule has 0 bridgehead atoms. The molecular weight excluding hydrogens is 338 g/mol. The largest absolute Gasteiger partial charge is 0.338 e. The molecule has 2 amide bonds. The zero-order valence-corrected chi connectivity index (χ0v) is 16.2. The summed E-state index contributed by atoms with van der Waals surface area (Å²) in [4.78, 5) is 18.4. The number of hydrogen-bond donors (Lipinski definition) is 2. The van der Waals surface area contributed by atoms with Gasteiger partial charge in [0.25, 0.3) is 0 Å². The van der Waals surface area contributed by atoms with Crippen LogP contribution >= 0.6 is 0 Å². The van der Waals surface area contributed by atoms with Gasteiger partial charge in [-0.2, -0.15) is 0 Å². The van der Waals surface area contributed by atoms with Crippen LogP contribution in [0.15, 0.2) is 43.0 Å². The molecule has 0 aliphatic carbocycles. The molecule has 0 unspecified atom stereocenters. The van der Waals surface area contributed by atoms with E-state index in [2.05, 4.69) is 51.7 Å². The first-order chi connectivity index (χ1) is 13.2. The standard InChI is InChI=1S/C21H31N5O/c1-18-4-2-11-26(15-18)16-20-7-5-19(6-8-20)14-24-21(27)23-9-3-12-25-13-10-22-17-25/h5-8,10,13,17-18H,2-4,9,11-12,14-16H2,1H3,(H2,23,24,27)/t18-/m1/s1. The maximum absolute atomic E-state index is 11.9. The number of urea groups is 1. The molecule has 2 aromatic rings. The molecule has 146 valence electrons. The van der Waals surface area contributed by atoms with Gasteiger partial charge in [-0.25, -0.2) is 9.78 Å². The minimum absolute atomic E-state index is 0.119. The minimum atomic E-state index is -0.119. The van der Waals surface area contributed by atoms with Gasteiger partial charge in [-0.3, -0.25) is 4.90 Å². The van der Waals surface area contributed by atoms with E-state index in [0.29, 0.717) is 13.1 Å². The highest BCUT2D eigenvalue weighted by Crippen LogP contribution is 2.18. The van der Waals surface area contributed by atoms with Crippen LogP contribution in [0.25, 0.3) is 0 Å². The lowest BCUT2D eigenvalue weighted by Crippen LogP contribution is -2.35. The van der Waals surface area contributed by atoms with E-state index < -0.39 is 0 Å². The monoisotopic (exact) mass is 369 g/mol. The quantitative estimate of drug-likeness (QED) is 0.703. The van der Waals surface area contributed by atoms with Crippen LogP contribution in [0.1, 0.15) is 37.3 Å². The fraction of sp³-hybridized carbons (Fsp3) is 0.524. The summed E-state index contributed by atoms with van der Waals surface area (Å²) in [5.41, 5.74) is 2.47. The Hall–Kier alpha value is -2.34. The number of nitrogens with zero attached hydrogens (tertiary/aromatic N) is 3. The van der Waals surface area contributed by atoms with Crippen LogP contribution in [0.3, 0.4) is 0 Å². The molecule has 0 radical (unpaired) electrons. The third kappa shape index (κ3) is 6.71. The Morgan fingerprint density at radius 1 is 1.22 bits per heavy atom. The van der Waals surface area contributed by atoms with Crippen molar-refractivity contribution in [3.05, 3.63) is 54.1 Å². The van der Waals surface area contributed by atoms with Crippen molar-refractivity contribution in [3.8, 4) is 0 Å². The molecule has 1 aliphatic rings. The van der Waals surface area contributed by atoms with E-state index >= 15 is 0 Å². The third-order valence-electron chi connectivity index (χ3n) is 5.06. The summed E-state index contributed by atoms with van der Waals surface area (Å²) in [5.74, 6) is 0.806. The number of aromatic nitrogens is 2. The topological polar surface area (TPSA) is 62.2 Å². The Kier molecular flexibility index (Phi) is 7.27. The molecule has 0 spiro atoms. The molecule has 1 saturated heterocycles. The van der Waals surface area contributed by atoms with Crippen LogP contribution in [-0.4, -0.2) is 40.1 Å². The van der Waals surface area contributed by atoms with Gasteiger partial charge in [-0.1, -0.05) is 31.2 Å². The molecule has 1 aromatic heterocycles. The average molecular weight is 370 g/mol. The number of carbonyl (C=O) groups is 1. The molecule has 0 saturated carbocycles. The third-order valence-corrected chi connectivity index (χ3v) is 5.06. The molecule has 1 aliphatic heterocycles. The van der Waals surface area contributed by atoms with E-state index in [9.17, 15) is 4.79 Å². The number of nitrogens with one attached hydrogen (secondary N) is 2. The van der Waals surface area contributed by atoms with Crippen LogP contribution in [0.5, 0.6) is 0 Å². The fourth-order valence-electron chi connectivity index (χ4n) is 3.58. The van der Waals surface area contributed by atoms with Crippen molar-refractivity contribution in [1.82, 2.24) is 25.1 Å².